The first-order chi connectivity index (χ1) is 7.98. The van der Waals surface area contributed by atoms with Gasteiger partial charge in [0.1, 0.15) is 0 Å². The Bertz CT molecular complexity index is 370. The van der Waals surface area contributed by atoms with E-state index in [-0.39, 0.29) is 12.4 Å². The molecule has 0 unspecified atom stereocenters. The van der Waals surface area contributed by atoms with Gasteiger partial charge in [-0.15, -0.1) is 0 Å². The first kappa shape index (κ1) is 13.6. The second kappa shape index (κ2) is 5.77. The average Bonchev–Trinajstić information content (AvgIpc) is 2.23. The monoisotopic (exact) mass is 242 g/mol. The molecule has 17 heavy (non-hydrogen) atoms. The highest BCUT2D eigenvalue weighted by molar-refractivity contribution is 5.42. The molecular weight excluding hydrogens is 223 g/mol. The van der Waals surface area contributed by atoms with Crippen molar-refractivity contribution in [3.63, 3.8) is 0 Å². The molecule has 0 radical (unpaired) electrons. The minimum absolute atomic E-state index is 0.0345. The standard InChI is InChI=1S/C11H19FN4O/c1-4-13-10-14-7-8(12)9(15-10)16-11(2,3)5-6-17/h7,17H,4-6H2,1-3H3,(H2,13,14,15,16). The van der Waals surface area contributed by atoms with Crippen LogP contribution in [0.15, 0.2) is 6.20 Å². The molecule has 0 aliphatic carbocycles. The number of nitrogens with one attached hydrogen (secondary N) is 2. The summed E-state index contributed by atoms with van der Waals surface area (Å²) in [7, 11) is 0. The van der Waals surface area contributed by atoms with Gasteiger partial charge < -0.3 is 15.7 Å². The predicted octanol–water partition coefficient (Wildman–Crippen LogP) is 1.62. The van der Waals surface area contributed by atoms with E-state index in [0.717, 1.165) is 6.20 Å². The fourth-order valence-electron chi connectivity index (χ4n) is 1.36. The summed E-state index contributed by atoms with van der Waals surface area (Å²) >= 11 is 0. The number of rotatable bonds is 6. The van der Waals surface area contributed by atoms with Crippen molar-refractivity contribution < 1.29 is 9.50 Å². The van der Waals surface area contributed by atoms with Gasteiger partial charge in [-0.05, 0) is 27.2 Å². The number of aliphatic hydroxyl groups is 1. The van der Waals surface area contributed by atoms with Crippen molar-refractivity contribution in [2.75, 3.05) is 23.8 Å². The fraction of sp³-hybridized carbons (Fsp3) is 0.636. The third kappa shape index (κ3) is 4.14. The summed E-state index contributed by atoms with van der Waals surface area (Å²) in [6.45, 7) is 6.36. The zero-order chi connectivity index (χ0) is 12.9. The van der Waals surface area contributed by atoms with E-state index in [1.807, 2.05) is 20.8 Å². The summed E-state index contributed by atoms with van der Waals surface area (Å²) in [4.78, 5) is 7.86. The quantitative estimate of drug-likeness (QED) is 0.707. The van der Waals surface area contributed by atoms with Gasteiger partial charge >= 0.3 is 0 Å². The highest BCUT2D eigenvalue weighted by Gasteiger charge is 2.19. The third-order valence-corrected chi connectivity index (χ3v) is 2.27. The average molecular weight is 242 g/mol. The second-order valence-corrected chi connectivity index (χ2v) is 4.40. The summed E-state index contributed by atoms with van der Waals surface area (Å²) in [6, 6.07) is 0. The topological polar surface area (TPSA) is 70.1 Å². The van der Waals surface area contributed by atoms with E-state index in [1.165, 1.54) is 0 Å². The Morgan fingerprint density at radius 2 is 2.18 bits per heavy atom. The van der Waals surface area contributed by atoms with Gasteiger partial charge in [-0.3, -0.25) is 0 Å². The van der Waals surface area contributed by atoms with E-state index in [4.69, 9.17) is 5.11 Å². The zero-order valence-electron chi connectivity index (χ0n) is 10.4. The van der Waals surface area contributed by atoms with Crippen LogP contribution in [0.5, 0.6) is 0 Å². The Hall–Kier alpha value is -1.43. The number of aliphatic hydroxyl groups excluding tert-OH is 1. The molecule has 3 N–H and O–H groups in total. The maximum atomic E-state index is 13.5. The van der Waals surface area contributed by atoms with Gasteiger partial charge in [0.2, 0.25) is 5.95 Å². The maximum Gasteiger partial charge on any atom is 0.224 e. The van der Waals surface area contributed by atoms with Gasteiger partial charge in [0.15, 0.2) is 11.6 Å². The Kier molecular flexibility index (Phi) is 4.62. The maximum absolute atomic E-state index is 13.5. The van der Waals surface area contributed by atoms with E-state index >= 15 is 0 Å². The molecule has 0 spiro atoms. The summed E-state index contributed by atoms with van der Waals surface area (Å²) in [6.07, 6.45) is 1.63. The molecular formula is C11H19FN4O. The number of aromatic nitrogens is 2. The molecule has 0 aliphatic rings. The minimum atomic E-state index is -0.502. The van der Waals surface area contributed by atoms with Gasteiger partial charge in [-0.1, -0.05) is 0 Å². The third-order valence-electron chi connectivity index (χ3n) is 2.27. The van der Waals surface area contributed by atoms with Gasteiger partial charge in [0.05, 0.1) is 6.20 Å². The molecule has 0 atom stereocenters. The Labute approximate surface area is 100 Å². The summed E-state index contributed by atoms with van der Waals surface area (Å²) < 4.78 is 13.5. The molecule has 0 amide bonds. The smallest absolute Gasteiger partial charge is 0.224 e. The van der Waals surface area contributed by atoms with Crippen molar-refractivity contribution >= 4 is 11.8 Å². The molecule has 0 fully saturated rings. The van der Waals surface area contributed by atoms with Crippen LogP contribution in [0.2, 0.25) is 0 Å². The van der Waals surface area contributed by atoms with Gasteiger partial charge in [0, 0.05) is 18.7 Å². The van der Waals surface area contributed by atoms with Crippen LogP contribution in [0.4, 0.5) is 16.2 Å². The van der Waals surface area contributed by atoms with Crippen LogP contribution in [0.3, 0.4) is 0 Å². The Morgan fingerprint density at radius 3 is 2.76 bits per heavy atom. The Balaban J connectivity index is 2.85. The van der Waals surface area contributed by atoms with Crippen molar-refractivity contribution in [3.05, 3.63) is 12.0 Å². The fourth-order valence-corrected chi connectivity index (χ4v) is 1.36. The predicted molar refractivity (Wildman–Crippen MR) is 65.6 cm³/mol. The molecule has 1 aromatic heterocycles. The molecule has 1 aromatic rings. The summed E-state index contributed by atoms with van der Waals surface area (Å²) in [5.74, 6) is 0.0308. The lowest BCUT2D eigenvalue weighted by atomic mass is 10.0. The van der Waals surface area contributed by atoms with Crippen LogP contribution >= 0.6 is 0 Å². The number of hydrogen-bond donors (Lipinski definition) is 3. The first-order valence-corrected chi connectivity index (χ1v) is 5.64. The van der Waals surface area contributed by atoms with Crippen LogP contribution < -0.4 is 10.6 Å². The molecule has 0 saturated heterocycles. The molecule has 1 rings (SSSR count). The van der Waals surface area contributed by atoms with E-state index in [2.05, 4.69) is 20.6 Å². The van der Waals surface area contributed by atoms with Gasteiger partial charge in [-0.25, -0.2) is 9.37 Å². The molecule has 5 nitrogen and oxygen atoms in total. The molecule has 96 valence electrons. The van der Waals surface area contributed by atoms with Crippen molar-refractivity contribution in [1.29, 1.82) is 0 Å². The van der Waals surface area contributed by atoms with E-state index < -0.39 is 11.4 Å². The van der Waals surface area contributed by atoms with Crippen molar-refractivity contribution in [2.45, 2.75) is 32.7 Å². The van der Waals surface area contributed by atoms with Crippen LogP contribution in [-0.2, 0) is 0 Å². The lowest BCUT2D eigenvalue weighted by Gasteiger charge is -2.26. The van der Waals surface area contributed by atoms with Crippen molar-refractivity contribution in [1.82, 2.24) is 9.97 Å². The minimum Gasteiger partial charge on any atom is -0.396 e. The Morgan fingerprint density at radius 1 is 1.47 bits per heavy atom. The summed E-state index contributed by atoms with van der Waals surface area (Å²) in [5, 5.41) is 14.8. The zero-order valence-corrected chi connectivity index (χ0v) is 10.4. The number of hydrogen-bond acceptors (Lipinski definition) is 5. The highest BCUT2D eigenvalue weighted by atomic mass is 19.1. The SMILES string of the molecule is CCNc1ncc(F)c(NC(C)(C)CCO)n1. The normalized spacial score (nSPS) is 11.4. The highest BCUT2D eigenvalue weighted by Crippen LogP contribution is 2.19. The molecule has 0 saturated carbocycles. The molecule has 0 aliphatic heterocycles. The van der Waals surface area contributed by atoms with E-state index in [1.54, 1.807) is 0 Å². The lowest BCUT2D eigenvalue weighted by molar-refractivity contribution is 0.260. The largest absolute Gasteiger partial charge is 0.396 e. The van der Waals surface area contributed by atoms with Gasteiger partial charge in [0.25, 0.3) is 0 Å². The van der Waals surface area contributed by atoms with E-state index in [0.29, 0.717) is 18.9 Å². The van der Waals surface area contributed by atoms with Crippen LogP contribution in [0.1, 0.15) is 27.2 Å². The van der Waals surface area contributed by atoms with Crippen LogP contribution in [0.25, 0.3) is 0 Å². The summed E-state index contributed by atoms with van der Waals surface area (Å²) in [5.41, 5.74) is -0.423. The molecule has 0 bridgehead atoms. The number of halogens is 1. The van der Waals surface area contributed by atoms with Crippen molar-refractivity contribution in [2.24, 2.45) is 0 Å². The van der Waals surface area contributed by atoms with Gasteiger partial charge in [-0.2, -0.15) is 4.98 Å². The first-order valence-electron chi connectivity index (χ1n) is 5.64. The lowest BCUT2D eigenvalue weighted by Crippen LogP contribution is -2.33. The van der Waals surface area contributed by atoms with Crippen molar-refractivity contribution in [3.8, 4) is 0 Å². The molecule has 1 heterocycles. The molecule has 6 heteroatoms. The van der Waals surface area contributed by atoms with E-state index in [9.17, 15) is 4.39 Å². The van der Waals surface area contributed by atoms with Crippen LogP contribution in [0, 0.1) is 5.82 Å². The molecule has 0 aromatic carbocycles. The van der Waals surface area contributed by atoms with Crippen LogP contribution in [-0.4, -0.2) is 33.8 Å². The number of nitrogens with zero attached hydrogens (tertiary/aromatic N) is 2. The second-order valence-electron chi connectivity index (χ2n) is 4.40. The number of anilines is 2.